The van der Waals surface area contributed by atoms with Crippen LogP contribution < -0.4 is 0 Å². The zero-order chi connectivity index (χ0) is 32.7. The molecule has 4 nitrogen and oxygen atoms in total. The zero-order valence-corrected chi connectivity index (χ0v) is 31.3. The van der Waals surface area contributed by atoms with Gasteiger partial charge >= 0.3 is 0 Å². The summed E-state index contributed by atoms with van der Waals surface area (Å²) < 4.78 is 20.8. The minimum atomic E-state index is -0.635. The highest BCUT2D eigenvalue weighted by atomic mass is 16.5. The summed E-state index contributed by atoms with van der Waals surface area (Å²) in [5.41, 5.74) is -1.03. The lowest BCUT2D eigenvalue weighted by Gasteiger charge is -2.55. The summed E-state index contributed by atoms with van der Waals surface area (Å²) in [5.74, 6) is 0.340. The van der Waals surface area contributed by atoms with Crippen LogP contribution in [0.5, 0.6) is 0 Å². The quantitative estimate of drug-likeness (QED) is 0.108. The molecule has 0 fully saturated rings. The van der Waals surface area contributed by atoms with Crippen molar-refractivity contribution in [2.75, 3.05) is 19.8 Å². The Hall–Kier alpha value is -0.160. The van der Waals surface area contributed by atoms with E-state index in [1.54, 1.807) is 0 Å². The second kappa shape index (κ2) is 18.7. The summed E-state index contributed by atoms with van der Waals surface area (Å²) in [5, 5.41) is 11.0. The van der Waals surface area contributed by atoms with Gasteiger partial charge in [0.2, 0.25) is 0 Å². The van der Waals surface area contributed by atoms with Crippen LogP contribution in [0.25, 0.3) is 0 Å². The van der Waals surface area contributed by atoms with Crippen molar-refractivity contribution in [1.29, 1.82) is 0 Å². The Balaban J connectivity index is 6.25. The van der Waals surface area contributed by atoms with Gasteiger partial charge in [-0.05, 0) is 103 Å². The molecular formula is C38H78O4. The lowest BCUT2D eigenvalue weighted by Crippen LogP contribution is -2.56. The molecule has 0 aliphatic carbocycles. The van der Waals surface area contributed by atoms with Crippen LogP contribution in [-0.2, 0) is 14.2 Å². The van der Waals surface area contributed by atoms with Crippen LogP contribution in [0.1, 0.15) is 187 Å². The van der Waals surface area contributed by atoms with Crippen LogP contribution in [0.15, 0.2) is 0 Å². The van der Waals surface area contributed by atoms with Crippen LogP contribution in [0.4, 0.5) is 0 Å². The molecule has 1 N–H and O–H groups in total. The van der Waals surface area contributed by atoms with Crippen molar-refractivity contribution in [1.82, 2.24) is 0 Å². The summed E-state index contributed by atoms with van der Waals surface area (Å²) in [6.45, 7) is 34.1. The summed E-state index contributed by atoms with van der Waals surface area (Å²) in [4.78, 5) is 0. The first-order chi connectivity index (χ1) is 19.8. The first kappa shape index (κ1) is 41.8. The van der Waals surface area contributed by atoms with Crippen LogP contribution in [-0.4, -0.2) is 47.3 Å². The Kier molecular flexibility index (Phi) is 18.7. The van der Waals surface area contributed by atoms with Gasteiger partial charge in [0.25, 0.3) is 0 Å². The first-order valence-electron chi connectivity index (χ1n) is 18.4. The SMILES string of the molecule is CCC(O)(CC)CCOC(CC)(CC)C(CC)(CC)C(C)COC(CC)(CC)C(CC)(CC)CCOC(C)(CC)CC. The van der Waals surface area contributed by atoms with Crippen molar-refractivity contribution in [3.63, 3.8) is 0 Å². The van der Waals surface area contributed by atoms with Crippen LogP contribution >= 0.6 is 0 Å². The molecule has 0 aliphatic rings. The maximum absolute atomic E-state index is 11.0. The minimum Gasteiger partial charge on any atom is -0.390 e. The van der Waals surface area contributed by atoms with Gasteiger partial charge in [-0.1, -0.05) is 90.0 Å². The molecule has 0 aromatic heterocycles. The van der Waals surface area contributed by atoms with E-state index in [2.05, 4.69) is 96.9 Å². The average Bonchev–Trinajstić information content (AvgIpc) is 3.03. The van der Waals surface area contributed by atoms with Crippen LogP contribution in [0.3, 0.4) is 0 Å². The van der Waals surface area contributed by atoms with Crippen molar-refractivity contribution in [2.24, 2.45) is 16.7 Å². The number of hydrogen-bond donors (Lipinski definition) is 1. The van der Waals surface area contributed by atoms with E-state index in [0.717, 1.165) is 96.7 Å². The van der Waals surface area contributed by atoms with Gasteiger partial charge in [0.05, 0.1) is 35.6 Å². The largest absolute Gasteiger partial charge is 0.390 e. The third-order valence-electron chi connectivity index (χ3n) is 13.1. The number of hydrogen-bond acceptors (Lipinski definition) is 4. The van der Waals surface area contributed by atoms with Crippen molar-refractivity contribution in [2.45, 2.75) is 209 Å². The monoisotopic (exact) mass is 599 g/mol. The van der Waals surface area contributed by atoms with Gasteiger partial charge in [0.1, 0.15) is 0 Å². The molecular weight excluding hydrogens is 520 g/mol. The lowest BCUT2D eigenvalue weighted by atomic mass is 9.58. The molecule has 0 amide bonds. The van der Waals surface area contributed by atoms with E-state index in [-0.39, 0.29) is 27.6 Å². The van der Waals surface area contributed by atoms with Crippen molar-refractivity contribution < 1.29 is 19.3 Å². The smallest absolute Gasteiger partial charge is 0.0736 e. The molecule has 0 heterocycles. The van der Waals surface area contributed by atoms with Crippen LogP contribution in [0, 0.1) is 16.7 Å². The predicted molar refractivity (Wildman–Crippen MR) is 183 cm³/mol. The zero-order valence-electron chi connectivity index (χ0n) is 31.3. The van der Waals surface area contributed by atoms with E-state index in [4.69, 9.17) is 14.2 Å². The molecule has 0 aliphatic heterocycles. The Morgan fingerprint density at radius 2 is 0.952 bits per heavy atom. The van der Waals surface area contributed by atoms with E-state index in [0.29, 0.717) is 18.9 Å². The van der Waals surface area contributed by atoms with Gasteiger partial charge in [-0.3, -0.25) is 0 Å². The third kappa shape index (κ3) is 8.97. The third-order valence-corrected chi connectivity index (χ3v) is 13.1. The van der Waals surface area contributed by atoms with E-state index in [1.165, 1.54) is 0 Å². The summed E-state index contributed by atoms with van der Waals surface area (Å²) >= 11 is 0. The molecule has 0 saturated heterocycles. The minimum absolute atomic E-state index is 0.00542. The summed E-state index contributed by atoms with van der Waals surface area (Å²) in [6, 6.07) is 0. The highest BCUT2D eigenvalue weighted by Gasteiger charge is 2.53. The molecule has 4 heteroatoms. The summed E-state index contributed by atoms with van der Waals surface area (Å²) in [7, 11) is 0. The van der Waals surface area contributed by atoms with Gasteiger partial charge < -0.3 is 19.3 Å². The van der Waals surface area contributed by atoms with Gasteiger partial charge in [-0.25, -0.2) is 0 Å². The van der Waals surface area contributed by atoms with Crippen molar-refractivity contribution >= 4 is 0 Å². The van der Waals surface area contributed by atoms with Gasteiger partial charge in [0.15, 0.2) is 0 Å². The maximum atomic E-state index is 11.0. The Bertz CT molecular complexity index is 677. The Morgan fingerprint density at radius 3 is 1.31 bits per heavy atom. The molecule has 0 aromatic carbocycles. The molecule has 42 heavy (non-hydrogen) atoms. The molecule has 0 spiro atoms. The van der Waals surface area contributed by atoms with Gasteiger partial charge in [-0.2, -0.15) is 0 Å². The number of rotatable bonds is 26. The average molecular weight is 599 g/mol. The maximum Gasteiger partial charge on any atom is 0.0736 e. The highest BCUT2D eigenvalue weighted by molar-refractivity contribution is 5.02. The lowest BCUT2D eigenvalue weighted by molar-refractivity contribution is -0.208. The second-order valence-corrected chi connectivity index (χ2v) is 13.8. The Labute approximate surface area is 264 Å². The summed E-state index contributed by atoms with van der Waals surface area (Å²) in [6.07, 6.45) is 13.6. The van der Waals surface area contributed by atoms with E-state index in [1.807, 2.05) is 0 Å². The predicted octanol–water partition coefficient (Wildman–Crippen LogP) is 11.3. The van der Waals surface area contributed by atoms with E-state index in [9.17, 15) is 5.11 Å². The van der Waals surface area contributed by atoms with Gasteiger partial charge in [0, 0.05) is 17.4 Å². The number of aliphatic hydroxyl groups is 1. The van der Waals surface area contributed by atoms with E-state index < -0.39 is 5.60 Å². The van der Waals surface area contributed by atoms with Gasteiger partial charge in [-0.15, -0.1) is 0 Å². The van der Waals surface area contributed by atoms with E-state index >= 15 is 0 Å². The van der Waals surface area contributed by atoms with Crippen LogP contribution in [0.2, 0.25) is 0 Å². The molecule has 0 aromatic rings. The number of ether oxygens (including phenoxy) is 3. The second-order valence-electron chi connectivity index (χ2n) is 13.8. The fraction of sp³-hybridized carbons (Fsp3) is 1.00. The standard InChI is InChI=1S/C38H78O4/c1-15-33(14,16-2)40-29-27-34(17-3,18-4)37(23-9,24-10)42-31-32(13)36(21-7,22-8)38(25-11,26-12)41-30-28-35(39,19-5)20-6/h32,39H,15-31H2,1-14H3. The molecule has 0 radical (unpaired) electrons. The normalized spacial score (nSPS) is 14.9. The molecule has 1 atom stereocenters. The fourth-order valence-corrected chi connectivity index (χ4v) is 8.61. The fourth-order valence-electron chi connectivity index (χ4n) is 8.61. The molecule has 0 rings (SSSR count). The first-order valence-corrected chi connectivity index (χ1v) is 18.4. The molecule has 1 unspecified atom stereocenters. The van der Waals surface area contributed by atoms with Crippen molar-refractivity contribution in [3.05, 3.63) is 0 Å². The topological polar surface area (TPSA) is 47.9 Å². The molecule has 254 valence electrons. The highest BCUT2D eigenvalue weighted by Crippen LogP contribution is 2.53. The Morgan fingerprint density at radius 1 is 0.500 bits per heavy atom. The molecule has 0 bridgehead atoms. The van der Waals surface area contributed by atoms with Crippen molar-refractivity contribution in [3.8, 4) is 0 Å². The molecule has 0 saturated carbocycles.